The second-order valence-electron chi connectivity index (χ2n) is 7.91. The predicted molar refractivity (Wildman–Crippen MR) is 83.6 cm³/mol. The summed E-state index contributed by atoms with van der Waals surface area (Å²) in [7, 11) is 0. The van der Waals surface area contributed by atoms with E-state index in [2.05, 4.69) is 50.9 Å². The topological polar surface area (TPSA) is 28.4 Å². The molecule has 2 rings (SSSR count). The fourth-order valence-electron chi connectivity index (χ4n) is 2.57. The zero-order valence-electron chi connectivity index (χ0n) is 13.8. The molecular weight excluding hydrogens is 248 g/mol. The van der Waals surface area contributed by atoms with Crippen LogP contribution in [0.5, 0.6) is 0 Å². The molecule has 0 saturated carbocycles. The predicted octanol–water partition coefficient (Wildman–Crippen LogP) is 3.79. The van der Waals surface area contributed by atoms with Crippen LogP contribution in [-0.2, 0) is 13.1 Å². The minimum Gasteiger partial charge on any atom is -0.468 e. The van der Waals surface area contributed by atoms with Gasteiger partial charge in [0.25, 0.3) is 0 Å². The molecule has 0 spiro atoms. The smallest absolute Gasteiger partial charge is 0.122 e. The number of nitrogens with zero attached hydrogens (tertiary/aromatic N) is 1. The number of hydrogen-bond acceptors (Lipinski definition) is 3. The highest BCUT2D eigenvalue weighted by Crippen LogP contribution is 2.30. The van der Waals surface area contributed by atoms with Crippen LogP contribution in [-0.4, -0.2) is 23.5 Å². The molecule has 0 aromatic carbocycles. The minimum absolute atomic E-state index is 0.124. The Morgan fingerprint density at radius 3 is 2.50 bits per heavy atom. The lowest BCUT2D eigenvalue weighted by Crippen LogP contribution is -2.37. The monoisotopic (exact) mass is 278 g/mol. The van der Waals surface area contributed by atoms with Crippen LogP contribution in [0.15, 0.2) is 16.7 Å². The van der Waals surface area contributed by atoms with Crippen molar-refractivity contribution in [2.75, 3.05) is 13.1 Å². The van der Waals surface area contributed by atoms with Gasteiger partial charge in [-0.2, -0.15) is 0 Å². The molecule has 1 fully saturated rings. The third kappa shape index (κ3) is 4.64. The molecule has 0 unspecified atom stereocenters. The highest BCUT2D eigenvalue weighted by molar-refractivity contribution is 5.17. The first-order valence-electron chi connectivity index (χ1n) is 7.78. The van der Waals surface area contributed by atoms with Crippen LogP contribution in [0.4, 0.5) is 0 Å². The van der Waals surface area contributed by atoms with E-state index in [1.54, 1.807) is 0 Å². The summed E-state index contributed by atoms with van der Waals surface area (Å²) in [6.45, 7) is 15.5. The van der Waals surface area contributed by atoms with Crippen molar-refractivity contribution in [2.24, 2.45) is 5.41 Å². The van der Waals surface area contributed by atoms with E-state index >= 15 is 0 Å². The van der Waals surface area contributed by atoms with Gasteiger partial charge in [-0.1, -0.05) is 13.8 Å². The largest absolute Gasteiger partial charge is 0.468 e. The summed E-state index contributed by atoms with van der Waals surface area (Å²) in [6, 6.07) is 2.12. The lowest BCUT2D eigenvalue weighted by molar-refractivity contribution is 0.126. The molecule has 0 amide bonds. The summed E-state index contributed by atoms with van der Waals surface area (Å²) in [5.41, 5.74) is 1.98. The van der Waals surface area contributed by atoms with Crippen LogP contribution < -0.4 is 5.32 Å². The van der Waals surface area contributed by atoms with Crippen LogP contribution in [0.25, 0.3) is 0 Å². The van der Waals surface area contributed by atoms with Crippen molar-refractivity contribution < 1.29 is 4.42 Å². The van der Waals surface area contributed by atoms with E-state index in [1.165, 1.54) is 31.5 Å². The third-order valence-corrected chi connectivity index (χ3v) is 4.22. The van der Waals surface area contributed by atoms with E-state index in [4.69, 9.17) is 4.42 Å². The molecule has 0 atom stereocenters. The number of hydrogen-bond donors (Lipinski definition) is 1. The summed E-state index contributed by atoms with van der Waals surface area (Å²) in [5, 5.41) is 3.50. The first-order valence-corrected chi connectivity index (χ1v) is 7.78. The Kier molecular flexibility index (Phi) is 4.60. The zero-order chi connectivity index (χ0) is 14.8. The second kappa shape index (κ2) is 5.90. The van der Waals surface area contributed by atoms with Gasteiger partial charge in [-0.15, -0.1) is 0 Å². The van der Waals surface area contributed by atoms with Crippen LogP contribution in [0.3, 0.4) is 0 Å². The molecule has 3 nitrogen and oxygen atoms in total. The Morgan fingerprint density at radius 2 is 1.90 bits per heavy atom. The molecule has 1 aromatic rings. The summed E-state index contributed by atoms with van der Waals surface area (Å²) in [5.74, 6) is 1.09. The minimum atomic E-state index is 0.124. The summed E-state index contributed by atoms with van der Waals surface area (Å²) < 4.78 is 5.65. The number of nitrogens with one attached hydrogen (secondary N) is 1. The van der Waals surface area contributed by atoms with Crippen molar-refractivity contribution >= 4 is 0 Å². The lowest BCUT2D eigenvalue weighted by Gasteiger charge is -2.36. The maximum atomic E-state index is 5.65. The SMILES string of the molecule is CC1(C)CCN(Cc2ccoc2CNC(C)(C)C)CC1. The van der Waals surface area contributed by atoms with Crippen LogP contribution in [0.1, 0.15) is 58.8 Å². The highest BCUT2D eigenvalue weighted by Gasteiger charge is 2.26. The first kappa shape index (κ1) is 15.6. The Bertz CT molecular complexity index is 418. The molecule has 0 bridgehead atoms. The van der Waals surface area contributed by atoms with E-state index in [0.717, 1.165) is 18.8 Å². The number of rotatable bonds is 4. The van der Waals surface area contributed by atoms with Gasteiger partial charge < -0.3 is 9.73 Å². The normalized spacial score (nSPS) is 20.2. The van der Waals surface area contributed by atoms with Gasteiger partial charge in [0.05, 0.1) is 12.8 Å². The molecule has 2 heterocycles. The molecule has 1 aliphatic rings. The molecule has 20 heavy (non-hydrogen) atoms. The van der Waals surface area contributed by atoms with Crippen LogP contribution >= 0.6 is 0 Å². The third-order valence-electron chi connectivity index (χ3n) is 4.22. The zero-order valence-corrected chi connectivity index (χ0v) is 13.8. The summed E-state index contributed by atoms with van der Waals surface area (Å²) >= 11 is 0. The fourth-order valence-corrected chi connectivity index (χ4v) is 2.57. The second-order valence-corrected chi connectivity index (χ2v) is 7.91. The average molecular weight is 278 g/mol. The number of likely N-dealkylation sites (tertiary alicyclic amines) is 1. The van der Waals surface area contributed by atoms with Gasteiger partial charge in [-0.25, -0.2) is 0 Å². The fraction of sp³-hybridized carbons (Fsp3) is 0.765. The maximum Gasteiger partial charge on any atom is 0.122 e. The van der Waals surface area contributed by atoms with Crippen LogP contribution in [0, 0.1) is 5.41 Å². The first-order chi connectivity index (χ1) is 9.25. The molecule has 1 N–H and O–H groups in total. The van der Waals surface area contributed by atoms with Gasteiger partial charge >= 0.3 is 0 Å². The maximum absolute atomic E-state index is 5.65. The van der Waals surface area contributed by atoms with Crippen molar-refractivity contribution in [3.05, 3.63) is 23.7 Å². The van der Waals surface area contributed by atoms with E-state index < -0.39 is 0 Å². The summed E-state index contributed by atoms with van der Waals surface area (Å²) in [6.07, 6.45) is 4.41. The molecule has 0 radical (unpaired) electrons. The van der Waals surface area contributed by atoms with Crippen molar-refractivity contribution in [2.45, 2.75) is 66.1 Å². The molecule has 1 aromatic heterocycles. The standard InChI is InChI=1S/C17H30N2O/c1-16(2,3)18-12-15-14(6-11-20-15)13-19-9-7-17(4,5)8-10-19/h6,11,18H,7-10,12-13H2,1-5H3. The Balaban J connectivity index is 1.89. The van der Waals surface area contributed by atoms with Crippen molar-refractivity contribution in [1.82, 2.24) is 10.2 Å². The van der Waals surface area contributed by atoms with E-state index in [-0.39, 0.29) is 5.54 Å². The van der Waals surface area contributed by atoms with E-state index in [9.17, 15) is 0 Å². The molecule has 3 heteroatoms. The van der Waals surface area contributed by atoms with Crippen molar-refractivity contribution in [3.8, 4) is 0 Å². The van der Waals surface area contributed by atoms with E-state index in [0.29, 0.717) is 5.41 Å². The number of piperidine rings is 1. The van der Waals surface area contributed by atoms with Gasteiger partial charge in [0.1, 0.15) is 5.76 Å². The molecular formula is C17H30N2O. The van der Waals surface area contributed by atoms with Gasteiger partial charge in [-0.05, 0) is 58.2 Å². The van der Waals surface area contributed by atoms with E-state index in [1.807, 2.05) is 6.26 Å². The molecule has 1 saturated heterocycles. The van der Waals surface area contributed by atoms with Gasteiger partial charge in [0.2, 0.25) is 0 Å². The Labute approximate surface area is 123 Å². The lowest BCUT2D eigenvalue weighted by atomic mass is 9.82. The van der Waals surface area contributed by atoms with Crippen LogP contribution in [0.2, 0.25) is 0 Å². The number of furan rings is 1. The highest BCUT2D eigenvalue weighted by atomic mass is 16.3. The molecule has 1 aliphatic heterocycles. The average Bonchev–Trinajstić information content (AvgIpc) is 2.76. The summed E-state index contributed by atoms with van der Waals surface area (Å²) in [4.78, 5) is 2.55. The Hall–Kier alpha value is -0.800. The molecule has 114 valence electrons. The van der Waals surface area contributed by atoms with Crippen molar-refractivity contribution in [3.63, 3.8) is 0 Å². The van der Waals surface area contributed by atoms with Gasteiger partial charge in [0.15, 0.2) is 0 Å². The Morgan fingerprint density at radius 1 is 1.25 bits per heavy atom. The molecule has 0 aliphatic carbocycles. The quantitative estimate of drug-likeness (QED) is 0.908. The van der Waals surface area contributed by atoms with Gasteiger partial charge in [0, 0.05) is 17.6 Å². The van der Waals surface area contributed by atoms with Crippen molar-refractivity contribution in [1.29, 1.82) is 0 Å². The van der Waals surface area contributed by atoms with Gasteiger partial charge in [-0.3, -0.25) is 4.90 Å².